The van der Waals surface area contributed by atoms with Crippen LogP contribution in [0.3, 0.4) is 0 Å². The zero-order chi connectivity index (χ0) is 26.6. The number of carbonyl (C=O) groups is 1. The number of alkyl halides is 3. The number of H-pyrrole nitrogens is 1. The smallest absolute Gasteiger partial charge is 0.475 e. The van der Waals surface area contributed by atoms with E-state index >= 15 is 0 Å². The maximum atomic E-state index is 10.6. The van der Waals surface area contributed by atoms with Crippen LogP contribution in [-0.2, 0) is 11.3 Å². The van der Waals surface area contributed by atoms with Crippen molar-refractivity contribution in [2.75, 3.05) is 11.9 Å². The van der Waals surface area contributed by atoms with Crippen molar-refractivity contribution in [3.05, 3.63) is 60.0 Å². The summed E-state index contributed by atoms with van der Waals surface area (Å²) in [6, 6.07) is 11.7. The summed E-state index contributed by atoms with van der Waals surface area (Å²) in [6.07, 6.45) is 0.192. The topological polar surface area (TPSA) is 142 Å². The van der Waals surface area contributed by atoms with Crippen molar-refractivity contribution in [3.8, 4) is 22.0 Å². The van der Waals surface area contributed by atoms with Crippen LogP contribution >= 0.6 is 22.9 Å². The van der Waals surface area contributed by atoms with E-state index in [-0.39, 0.29) is 6.61 Å². The number of halogens is 4. The Morgan fingerprint density at radius 2 is 1.95 bits per heavy atom. The van der Waals surface area contributed by atoms with Crippen molar-refractivity contribution in [1.29, 1.82) is 0 Å². The largest absolute Gasteiger partial charge is 0.490 e. The standard InChI is InChI=1S/C20H16ClN7OS.C2HF3O2/c21-17-14-11-23-25-15(14)4-5-16(17)24-20-27-26-19(30-20)13-3-1-2-12(10-13)18-22-6-7-28(18)8-9-29;3-2(4,5)1(6)7/h1-7,10-11,29H,8-9H2,(H,23,25)(H,24,27);(H,6,7). The van der Waals surface area contributed by atoms with E-state index in [1.807, 2.05) is 47.2 Å². The molecule has 5 aromatic rings. The lowest BCUT2D eigenvalue weighted by atomic mass is 10.1. The fourth-order valence-corrected chi connectivity index (χ4v) is 4.25. The molecule has 4 N–H and O–H groups in total. The van der Waals surface area contributed by atoms with Crippen LogP contribution in [-0.4, -0.2) is 58.9 Å². The number of rotatable bonds is 6. The zero-order valence-electron chi connectivity index (χ0n) is 18.6. The first-order chi connectivity index (χ1) is 17.7. The molecule has 0 unspecified atom stereocenters. The lowest BCUT2D eigenvalue weighted by Gasteiger charge is -2.07. The molecule has 0 fully saturated rings. The molecule has 5 rings (SSSR count). The maximum Gasteiger partial charge on any atom is 0.490 e. The summed E-state index contributed by atoms with van der Waals surface area (Å²) in [5.74, 6) is -1.96. The predicted octanol–water partition coefficient (Wildman–Crippen LogP) is 4.97. The summed E-state index contributed by atoms with van der Waals surface area (Å²) in [5.41, 5.74) is 3.50. The Morgan fingerprint density at radius 1 is 1.19 bits per heavy atom. The van der Waals surface area contributed by atoms with Crippen molar-refractivity contribution in [3.63, 3.8) is 0 Å². The van der Waals surface area contributed by atoms with Gasteiger partial charge in [0.15, 0.2) is 0 Å². The predicted molar refractivity (Wildman–Crippen MR) is 132 cm³/mol. The van der Waals surface area contributed by atoms with Gasteiger partial charge in [-0.2, -0.15) is 18.3 Å². The Bertz CT molecular complexity index is 1530. The lowest BCUT2D eigenvalue weighted by Crippen LogP contribution is -2.21. The number of fused-ring (bicyclic) bond motifs is 1. The number of aromatic nitrogens is 6. The fraction of sp³-hybridized carbons (Fsp3) is 0.136. The average molecular weight is 552 g/mol. The van der Waals surface area contributed by atoms with E-state index in [4.69, 9.17) is 21.5 Å². The van der Waals surface area contributed by atoms with Gasteiger partial charge in [-0.15, -0.1) is 10.2 Å². The molecule has 0 amide bonds. The Balaban J connectivity index is 0.000000405. The number of carboxylic acids is 1. The van der Waals surface area contributed by atoms with Gasteiger partial charge >= 0.3 is 12.1 Å². The number of aliphatic hydroxyl groups excluding tert-OH is 1. The SMILES string of the molecule is O=C(O)C(F)(F)F.OCCn1ccnc1-c1cccc(-c2nnc(Nc3ccc4[nH]ncc4c3Cl)s2)c1. The molecule has 3 aromatic heterocycles. The number of nitrogens with zero attached hydrogens (tertiary/aromatic N) is 5. The van der Waals surface area contributed by atoms with Gasteiger partial charge in [0.25, 0.3) is 0 Å². The van der Waals surface area contributed by atoms with E-state index in [1.165, 1.54) is 11.3 Å². The fourth-order valence-electron chi connectivity index (χ4n) is 3.23. The van der Waals surface area contributed by atoms with Gasteiger partial charge in [0.2, 0.25) is 5.13 Å². The van der Waals surface area contributed by atoms with Gasteiger partial charge in [-0.1, -0.05) is 41.1 Å². The monoisotopic (exact) mass is 551 g/mol. The first-order valence-corrected chi connectivity index (χ1v) is 11.6. The molecule has 15 heteroatoms. The number of anilines is 2. The van der Waals surface area contributed by atoms with E-state index in [2.05, 4.69) is 30.7 Å². The van der Waals surface area contributed by atoms with E-state index in [9.17, 15) is 18.3 Å². The Morgan fingerprint density at radius 3 is 2.68 bits per heavy atom. The third-order valence-corrected chi connectivity index (χ3v) is 6.19. The second-order valence-corrected chi connectivity index (χ2v) is 8.70. The normalized spacial score (nSPS) is 11.3. The summed E-state index contributed by atoms with van der Waals surface area (Å²) in [7, 11) is 0. The quantitative estimate of drug-likeness (QED) is 0.232. The average Bonchev–Trinajstić information content (AvgIpc) is 3.62. The first-order valence-electron chi connectivity index (χ1n) is 10.4. The maximum absolute atomic E-state index is 10.6. The van der Waals surface area contributed by atoms with E-state index in [0.717, 1.165) is 38.5 Å². The van der Waals surface area contributed by atoms with Gasteiger partial charge in [0.1, 0.15) is 10.8 Å². The third-order valence-electron chi connectivity index (χ3n) is 4.89. The van der Waals surface area contributed by atoms with Gasteiger partial charge in [0, 0.05) is 35.5 Å². The molecule has 0 saturated carbocycles. The van der Waals surface area contributed by atoms with Gasteiger partial charge in [0.05, 0.1) is 29.0 Å². The van der Waals surface area contributed by atoms with Crippen LogP contribution in [0.25, 0.3) is 32.9 Å². The van der Waals surface area contributed by atoms with E-state index < -0.39 is 12.1 Å². The van der Waals surface area contributed by atoms with Crippen molar-refractivity contribution in [2.45, 2.75) is 12.7 Å². The van der Waals surface area contributed by atoms with E-state index in [0.29, 0.717) is 16.7 Å². The van der Waals surface area contributed by atoms with Crippen LogP contribution in [0.15, 0.2) is 55.0 Å². The molecule has 0 aliphatic heterocycles. The minimum absolute atomic E-state index is 0.0572. The molecular formula is C22H17ClF3N7O3S. The highest BCUT2D eigenvalue weighted by Crippen LogP contribution is 2.35. The van der Waals surface area contributed by atoms with Crippen molar-refractivity contribution in [1.82, 2.24) is 29.9 Å². The molecule has 3 heterocycles. The molecule has 0 atom stereocenters. The van der Waals surface area contributed by atoms with Gasteiger partial charge in [-0.25, -0.2) is 9.78 Å². The summed E-state index contributed by atoms with van der Waals surface area (Å²) in [4.78, 5) is 13.3. The highest BCUT2D eigenvalue weighted by molar-refractivity contribution is 7.18. The second kappa shape index (κ2) is 10.9. The Kier molecular flexibility index (Phi) is 7.71. The summed E-state index contributed by atoms with van der Waals surface area (Å²) in [6.45, 7) is 0.551. The van der Waals surface area contributed by atoms with Crippen LogP contribution in [0.1, 0.15) is 0 Å². The number of hydrogen-bond donors (Lipinski definition) is 4. The molecule has 0 aliphatic carbocycles. The number of aromatic amines is 1. The number of carboxylic acid groups (broad SMARTS) is 1. The number of aliphatic hydroxyl groups is 1. The van der Waals surface area contributed by atoms with Crippen molar-refractivity contribution < 1.29 is 28.2 Å². The molecule has 0 saturated heterocycles. The van der Waals surface area contributed by atoms with Crippen molar-refractivity contribution >= 4 is 50.6 Å². The molecule has 0 radical (unpaired) electrons. The molecular weight excluding hydrogens is 535 g/mol. The van der Waals surface area contributed by atoms with Crippen LogP contribution < -0.4 is 5.32 Å². The lowest BCUT2D eigenvalue weighted by molar-refractivity contribution is -0.192. The second-order valence-electron chi connectivity index (χ2n) is 7.35. The zero-order valence-corrected chi connectivity index (χ0v) is 20.1. The third kappa shape index (κ3) is 6.04. The van der Waals surface area contributed by atoms with Gasteiger partial charge in [-0.05, 0) is 18.2 Å². The summed E-state index contributed by atoms with van der Waals surface area (Å²) < 4.78 is 33.7. The number of benzene rings is 2. The minimum atomic E-state index is -5.08. The molecule has 2 aromatic carbocycles. The Hall–Kier alpha value is -4.01. The molecule has 10 nitrogen and oxygen atoms in total. The van der Waals surface area contributed by atoms with Crippen LogP contribution in [0, 0.1) is 0 Å². The highest BCUT2D eigenvalue weighted by atomic mass is 35.5. The molecule has 0 spiro atoms. The molecule has 0 bridgehead atoms. The highest BCUT2D eigenvalue weighted by Gasteiger charge is 2.38. The summed E-state index contributed by atoms with van der Waals surface area (Å²) >= 11 is 7.92. The van der Waals surface area contributed by atoms with Crippen LogP contribution in [0.5, 0.6) is 0 Å². The Labute approximate surface area is 215 Å². The summed E-state index contributed by atoms with van der Waals surface area (Å²) in [5, 5.41) is 37.9. The minimum Gasteiger partial charge on any atom is -0.475 e. The van der Waals surface area contributed by atoms with Crippen LogP contribution in [0.2, 0.25) is 5.02 Å². The number of nitrogens with one attached hydrogen (secondary N) is 2. The van der Waals surface area contributed by atoms with Crippen LogP contribution in [0.4, 0.5) is 24.0 Å². The molecule has 192 valence electrons. The van der Waals surface area contributed by atoms with Gasteiger partial charge in [-0.3, -0.25) is 5.10 Å². The number of aliphatic carboxylic acids is 1. The molecule has 0 aliphatic rings. The molecule has 37 heavy (non-hydrogen) atoms. The first kappa shape index (κ1) is 26.1. The number of imidazole rings is 1. The van der Waals surface area contributed by atoms with Crippen molar-refractivity contribution in [2.24, 2.45) is 0 Å². The van der Waals surface area contributed by atoms with E-state index in [1.54, 1.807) is 12.4 Å². The number of hydrogen-bond acceptors (Lipinski definition) is 8. The van der Waals surface area contributed by atoms with Gasteiger partial charge < -0.3 is 20.1 Å².